The second-order valence-electron chi connectivity index (χ2n) is 3.17. The molecule has 0 unspecified atom stereocenters. The molecule has 1 aliphatic heterocycles. The Morgan fingerprint density at radius 1 is 1.57 bits per heavy atom. The van der Waals surface area contributed by atoms with Gasteiger partial charge < -0.3 is 9.64 Å². The molecule has 1 amide bonds. The van der Waals surface area contributed by atoms with Crippen LogP contribution in [0.25, 0.3) is 0 Å². The van der Waals surface area contributed by atoms with E-state index in [0.717, 1.165) is 17.0 Å². The summed E-state index contributed by atoms with van der Waals surface area (Å²) in [6.45, 7) is 0. The summed E-state index contributed by atoms with van der Waals surface area (Å²) in [5.74, 6) is 0.930. The number of ether oxygens (including phenoxy) is 1. The zero-order valence-corrected chi connectivity index (χ0v) is 9.37. The number of fused-ring (bicyclic) bond motifs is 1. The van der Waals surface area contributed by atoms with Gasteiger partial charge >= 0.3 is 0 Å². The average molecular weight is 256 g/mol. The predicted molar refractivity (Wildman–Crippen MR) is 58.0 cm³/mol. The smallest absolute Gasteiger partial charge is 0.231 e. The number of anilines is 1. The van der Waals surface area contributed by atoms with Crippen molar-refractivity contribution in [1.29, 1.82) is 0 Å². The van der Waals surface area contributed by atoms with Gasteiger partial charge in [-0.3, -0.25) is 4.79 Å². The van der Waals surface area contributed by atoms with Gasteiger partial charge in [0.05, 0.1) is 6.42 Å². The summed E-state index contributed by atoms with van der Waals surface area (Å²) < 4.78 is 5.29. The molecule has 0 aromatic heterocycles. The van der Waals surface area contributed by atoms with Crippen LogP contribution in [0.15, 0.2) is 18.2 Å². The summed E-state index contributed by atoms with van der Waals surface area (Å²) >= 11 is 3.19. The van der Waals surface area contributed by atoms with E-state index < -0.39 is 0 Å². The van der Waals surface area contributed by atoms with Crippen LogP contribution in [0, 0.1) is 0 Å². The third-order valence-electron chi connectivity index (χ3n) is 2.35. The minimum atomic E-state index is 0.135. The summed E-state index contributed by atoms with van der Waals surface area (Å²) in [7, 11) is 1.79. The molecule has 0 radical (unpaired) electrons. The molecule has 1 heterocycles. The Hall–Kier alpha value is -1.03. The summed E-state index contributed by atoms with van der Waals surface area (Å²) in [5.41, 5.74) is 2.49. The molecular formula is C10H10BrNO2. The highest BCUT2D eigenvalue weighted by Gasteiger charge is 2.23. The molecule has 1 aliphatic rings. The SMILES string of the molecule is CN1C(=O)Cc2cc(OCBr)ccc21. The lowest BCUT2D eigenvalue weighted by molar-refractivity contribution is -0.117. The molecular weight excluding hydrogens is 246 g/mol. The van der Waals surface area contributed by atoms with Gasteiger partial charge in [0.25, 0.3) is 0 Å². The highest BCUT2D eigenvalue weighted by molar-refractivity contribution is 9.09. The molecule has 14 heavy (non-hydrogen) atoms. The second-order valence-corrected chi connectivity index (χ2v) is 3.63. The number of hydrogen-bond donors (Lipinski definition) is 0. The summed E-state index contributed by atoms with van der Waals surface area (Å²) in [6, 6.07) is 5.70. The molecule has 2 rings (SSSR count). The van der Waals surface area contributed by atoms with Gasteiger partial charge in [0.15, 0.2) is 0 Å². The van der Waals surface area contributed by atoms with Crippen molar-refractivity contribution in [3.05, 3.63) is 23.8 Å². The normalized spacial score (nSPS) is 14.4. The van der Waals surface area contributed by atoms with E-state index in [4.69, 9.17) is 4.74 Å². The van der Waals surface area contributed by atoms with Crippen LogP contribution in [-0.2, 0) is 11.2 Å². The third-order valence-corrected chi connectivity index (χ3v) is 2.58. The predicted octanol–water partition coefficient (Wildman–Crippen LogP) is 1.94. The molecule has 0 spiro atoms. The minimum absolute atomic E-state index is 0.135. The van der Waals surface area contributed by atoms with Crippen LogP contribution in [0.2, 0.25) is 0 Å². The number of rotatable bonds is 2. The van der Waals surface area contributed by atoms with E-state index in [1.54, 1.807) is 11.9 Å². The number of carbonyl (C=O) groups is 1. The van der Waals surface area contributed by atoms with Crippen LogP contribution in [-0.4, -0.2) is 18.5 Å². The summed E-state index contributed by atoms with van der Waals surface area (Å²) in [6.07, 6.45) is 0.477. The molecule has 4 heteroatoms. The fraction of sp³-hybridized carbons (Fsp3) is 0.300. The van der Waals surface area contributed by atoms with Crippen molar-refractivity contribution in [3.63, 3.8) is 0 Å². The van der Waals surface area contributed by atoms with E-state index in [0.29, 0.717) is 11.9 Å². The number of amides is 1. The van der Waals surface area contributed by atoms with Gasteiger partial charge in [0.1, 0.15) is 11.3 Å². The van der Waals surface area contributed by atoms with Gasteiger partial charge in [-0.05, 0) is 39.7 Å². The van der Waals surface area contributed by atoms with Crippen molar-refractivity contribution in [2.45, 2.75) is 6.42 Å². The minimum Gasteiger partial charge on any atom is -0.482 e. The zero-order chi connectivity index (χ0) is 10.1. The monoisotopic (exact) mass is 255 g/mol. The molecule has 1 aromatic rings. The van der Waals surface area contributed by atoms with E-state index in [-0.39, 0.29) is 5.91 Å². The van der Waals surface area contributed by atoms with Crippen LogP contribution in [0.1, 0.15) is 5.56 Å². The van der Waals surface area contributed by atoms with Gasteiger partial charge in [0, 0.05) is 12.7 Å². The zero-order valence-electron chi connectivity index (χ0n) is 7.79. The fourth-order valence-electron chi connectivity index (χ4n) is 1.60. The molecule has 0 fully saturated rings. The van der Waals surface area contributed by atoms with Crippen LogP contribution in [0.4, 0.5) is 5.69 Å². The molecule has 0 aliphatic carbocycles. The first kappa shape index (κ1) is 9.52. The highest BCUT2D eigenvalue weighted by Crippen LogP contribution is 2.30. The van der Waals surface area contributed by atoms with Crippen LogP contribution in [0.3, 0.4) is 0 Å². The van der Waals surface area contributed by atoms with Crippen LogP contribution in [0.5, 0.6) is 5.75 Å². The number of hydrogen-bond acceptors (Lipinski definition) is 2. The lowest BCUT2D eigenvalue weighted by Gasteiger charge is -2.10. The molecule has 0 N–H and O–H groups in total. The second kappa shape index (κ2) is 3.61. The Bertz CT molecular complexity index is 378. The first-order chi connectivity index (χ1) is 6.72. The molecule has 0 bridgehead atoms. The van der Waals surface area contributed by atoms with Gasteiger partial charge in [-0.15, -0.1) is 0 Å². The summed E-state index contributed by atoms with van der Waals surface area (Å²) in [4.78, 5) is 13.0. The van der Waals surface area contributed by atoms with Crippen molar-refractivity contribution >= 4 is 27.5 Å². The molecule has 0 saturated heterocycles. The number of nitrogens with zero attached hydrogens (tertiary/aromatic N) is 1. The lowest BCUT2D eigenvalue weighted by atomic mass is 10.1. The van der Waals surface area contributed by atoms with Crippen LogP contribution >= 0.6 is 15.9 Å². The van der Waals surface area contributed by atoms with E-state index in [9.17, 15) is 4.79 Å². The Kier molecular flexibility index (Phi) is 2.46. The Morgan fingerprint density at radius 3 is 3.07 bits per heavy atom. The summed E-state index contributed by atoms with van der Waals surface area (Å²) in [5, 5.41) is 0. The van der Waals surface area contributed by atoms with Gasteiger partial charge in [-0.2, -0.15) is 0 Å². The number of halogens is 1. The van der Waals surface area contributed by atoms with Gasteiger partial charge in [-0.25, -0.2) is 0 Å². The first-order valence-corrected chi connectivity index (χ1v) is 5.43. The lowest BCUT2D eigenvalue weighted by Crippen LogP contribution is -2.20. The topological polar surface area (TPSA) is 29.5 Å². The van der Waals surface area contributed by atoms with Crippen molar-refractivity contribution < 1.29 is 9.53 Å². The molecule has 0 saturated carbocycles. The van der Waals surface area contributed by atoms with E-state index >= 15 is 0 Å². The number of carbonyl (C=O) groups excluding carboxylic acids is 1. The Labute approximate surface area is 90.8 Å². The third kappa shape index (κ3) is 1.50. The van der Waals surface area contributed by atoms with E-state index in [1.165, 1.54) is 0 Å². The quantitative estimate of drug-likeness (QED) is 0.757. The Balaban J connectivity index is 2.34. The van der Waals surface area contributed by atoms with Crippen molar-refractivity contribution in [1.82, 2.24) is 0 Å². The van der Waals surface area contributed by atoms with E-state index in [1.807, 2.05) is 18.2 Å². The largest absolute Gasteiger partial charge is 0.482 e. The first-order valence-electron chi connectivity index (χ1n) is 4.30. The maximum atomic E-state index is 11.4. The van der Waals surface area contributed by atoms with Crippen LogP contribution < -0.4 is 9.64 Å². The standard InChI is InChI=1S/C10H10BrNO2/c1-12-9-3-2-8(14-6-11)4-7(9)5-10(12)13/h2-4H,5-6H2,1H3. The van der Waals surface area contributed by atoms with Gasteiger partial charge in [-0.1, -0.05) is 0 Å². The Morgan fingerprint density at radius 2 is 2.36 bits per heavy atom. The van der Waals surface area contributed by atoms with Crippen molar-refractivity contribution in [2.75, 3.05) is 17.5 Å². The fourth-order valence-corrected chi connectivity index (χ4v) is 1.86. The van der Waals surface area contributed by atoms with E-state index in [2.05, 4.69) is 15.9 Å². The molecule has 74 valence electrons. The van der Waals surface area contributed by atoms with Gasteiger partial charge in [0.2, 0.25) is 5.91 Å². The maximum Gasteiger partial charge on any atom is 0.231 e. The molecule has 0 atom stereocenters. The number of alkyl halides is 1. The number of benzene rings is 1. The maximum absolute atomic E-state index is 11.4. The number of likely N-dealkylation sites (N-methyl/N-ethyl adjacent to an activating group) is 1. The average Bonchev–Trinajstić information content (AvgIpc) is 2.43. The van der Waals surface area contributed by atoms with Crippen molar-refractivity contribution in [2.24, 2.45) is 0 Å². The van der Waals surface area contributed by atoms with Crippen molar-refractivity contribution in [3.8, 4) is 5.75 Å². The molecule has 3 nitrogen and oxygen atoms in total. The molecule has 1 aromatic carbocycles. The highest BCUT2D eigenvalue weighted by atomic mass is 79.9.